The van der Waals surface area contributed by atoms with Crippen molar-refractivity contribution in [1.29, 1.82) is 0 Å². The van der Waals surface area contributed by atoms with E-state index in [0.29, 0.717) is 0 Å². The summed E-state index contributed by atoms with van der Waals surface area (Å²) in [6, 6.07) is 0. The van der Waals surface area contributed by atoms with Gasteiger partial charge in [-0.25, -0.2) is 4.57 Å². The largest absolute Gasteiger partial charge is 0.510 e. The van der Waals surface area contributed by atoms with Crippen molar-refractivity contribution < 1.29 is 18.2 Å². The first kappa shape index (κ1) is 16.5. The Labute approximate surface area is 85.3 Å². The molecule has 1 unspecified atom stereocenters. The summed E-state index contributed by atoms with van der Waals surface area (Å²) in [4.78, 5) is 7.49. The van der Waals surface area contributed by atoms with Gasteiger partial charge >= 0.3 is 7.91 Å². The van der Waals surface area contributed by atoms with Crippen LogP contribution in [0.5, 0.6) is 0 Å². The first-order valence-electron chi connectivity index (χ1n) is 4.61. The molecule has 1 atom stereocenters. The molecule has 0 saturated heterocycles. The summed E-state index contributed by atoms with van der Waals surface area (Å²) in [5.74, 6) is 0. The molecule has 0 aliphatic carbocycles. The molecule has 0 aromatic rings. The van der Waals surface area contributed by atoms with Gasteiger partial charge in [-0.1, -0.05) is 20.8 Å². The quantitative estimate of drug-likeness (QED) is 0.727. The van der Waals surface area contributed by atoms with Crippen molar-refractivity contribution in [2.45, 2.75) is 45.6 Å². The monoisotopic (exact) mass is 229 g/mol. The zero-order valence-electron chi connectivity index (χ0n) is 9.29. The summed E-state index contributed by atoms with van der Waals surface area (Å²) in [6.07, 6.45) is 3.29. The van der Waals surface area contributed by atoms with Crippen molar-refractivity contribution in [3.05, 3.63) is 0 Å². The Kier molecular flexibility index (Phi) is 8.64. The highest BCUT2D eigenvalue weighted by Crippen LogP contribution is 2.41. The lowest BCUT2D eigenvalue weighted by Crippen LogP contribution is -2.37. The van der Waals surface area contributed by atoms with Gasteiger partial charge in [0, 0.05) is 12.6 Å². The Morgan fingerprint density at radius 3 is 1.57 bits per heavy atom. The average molecular weight is 229 g/mol. The molecular formula is C8H21FNO3P. The highest BCUT2D eigenvalue weighted by molar-refractivity contribution is 7.46. The van der Waals surface area contributed by atoms with Crippen molar-refractivity contribution >= 4 is 7.91 Å². The molecule has 0 aliphatic heterocycles. The summed E-state index contributed by atoms with van der Waals surface area (Å²) in [5.41, 5.74) is 6.02. The Bertz CT molecular complexity index is 171. The molecule has 0 aromatic heterocycles. The van der Waals surface area contributed by atoms with E-state index in [1.165, 1.54) is 0 Å². The van der Waals surface area contributed by atoms with Crippen molar-refractivity contribution in [2.24, 2.45) is 5.73 Å². The number of rotatable bonds is 4. The second-order valence-corrected chi connectivity index (χ2v) is 4.33. The maximum atomic E-state index is 11.0. The summed E-state index contributed by atoms with van der Waals surface area (Å²) in [7, 11) is -3.83. The standard InChI is InChI=1S/C7H17N.CH4FO3P/c1-4-7(8,5-2)6-3;1-5-6(2,3)4/h4-6,8H2,1-3H3;1H3,(H,3,4). The van der Waals surface area contributed by atoms with E-state index in [9.17, 15) is 8.76 Å². The molecule has 0 saturated carbocycles. The van der Waals surface area contributed by atoms with E-state index in [-0.39, 0.29) is 5.54 Å². The number of hydrogen-bond donors (Lipinski definition) is 2. The number of hydrogen-bond acceptors (Lipinski definition) is 3. The maximum Gasteiger partial charge on any atom is 0.510 e. The number of halogens is 1. The fraction of sp³-hybridized carbons (Fsp3) is 1.00. The van der Waals surface area contributed by atoms with Crippen LogP contribution < -0.4 is 5.73 Å². The molecule has 6 heteroatoms. The molecule has 0 aromatic carbocycles. The first-order chi connectivity index (χ1) is 6.24. The van der Waals surface area contributed by atoms with Crippen LogP contribution in [0, 0.1) is 0 Å². The lowest BCUT2D eigenvalue weighted by atomic mass is 9.92. The van der Waals surface area contributed by atoms with Crippen molar-refractivity contribution in [3.8, 4) is 0 Å². The third kappa shape index (κ3) is 10.1. The molecule has 0 bridgehead atoms. The molecule has 0 spiro atoms. The van der Waals surface area contributed by atoms with Gasteiger partial charge in [0.25, 0.3) is 0 Å². The van der Waals surface area contributed by atoms with Gasteiger partial charge in [-0.2, -0.15) is 0 Å². The normalized spacial score (nSPS) is 15.4. The van der Waals surface area contributed by atoms with E-state index in [4.69, 9.17) is 10.6 Å². The molecule has 0 heterocycles. The molecular weight excluding hydrogens is 208 g/mol. The molecule has 0 amide bonds. The van der Waals surface area contributed by atoms with Crippen molar-refractivity contribution in [3.63, 3.8) is 0 Å². The molecule has 0 fully saturated rings. The van der Waals surface area contributed by atoms with Crippen LogP contribution in [0.4, 0.5) is 4.20 Å². The van der Waals surface area contributed by atoms with Gasteiger partial charge in [-0.3, -0.25) is 9.42 Å². The van der Waals surface area contributed by atoms with E-state index < -0.39 is 7.91 Å². The predicted octanol–water partition coefficient (Wildman–Crippen LogP) is 2.62. The van der Waals surface area contributed by atoms with Gasteiger partial charge in [0.2, 0.25) is 0 Å². The highest BCUT2D eigenvalue weighted by atomic mass is 31.2. The van der Waals surface area contributed by atoms with Gasteiger partial charge in [0.1, 0.15) is 0 Å². The van der Waals surface area contributed by atoms with Crippen LogP contribution in [0.25, 0.3) is 0 Å². The lowest BCUT2D eigenvalue weighted by molar-refractivity contribution is 0.274. The maximum absolute atomic E-state index is 11.0. The summed E-state index contributed by atoms with van der Waals surface area (Å²) >= 11 is 0. The van der Waals surface area contributed by atoms with Gasteiger partial charge in [0.05, 0.1) is 0 Å². The Balaban J connectivity index is 0. The third-order valence-electron chi connectivity index (χ3n) is 2.34. The minimum atomic E-state index is -4.65. The van der Waals surface area contributed by atoms with Gasteiger partial charge in [0.15, 0.2) is 0 Å². The topological polar surface area (TPSA) is 72.5 Å². The van der Waals surface area contributed by atoms with E-state index in [1.807, 2.05) is 0 Å². The average Bonchev–Trinajstić information content (AvgIpc) is 2.16. The Hall–Kier alpha value is 0.0400. The fourth-order valence-electron chi connectivity index (χ4n) is 0.750. The van der Waals surface area contributed by atoms with E-state index in [1.54, 1.807) is 0 Å². The zero-order valence-corrected chi connectivity index (χ0v) is 10.2. The second-order valence-electron chi connectivity index (χ2n) is 3.06. The zero-order chi connectivity index (χ0) is 11.8. The smallest absolute Gasteiger partial charge is 0.325 e. The highest BCUT2D eigenvalue weighted by Gasteiger charge is 2.15. The summed E-state index contributed by atoms with van der Waals surface area (Å²) in [5, 5.41) is 0. The summed E-state index contributed by atoms with van der Waals surface area (Å²) in [6.45, 7) is 6.44. The molecule has 0 rings (SSSR count). The third-order valence-corrected chi connectivity index (χ3v) is 2.79. The first-order valence-corrected chi connectivity index (χ1v) is 6.08. The van der Waals surface area contributed by atoms with Crippen LogP contribution in [0.3, 0.4) is 0 Å². The van der Waals surface area contributed by atoms with Crippen molar-refractivity contribution in [2.75, 3.05) is 7.11 Å². The van der Waals surface area contributed by atoms with Crippen LogP contribution >= 0.6 is 7.91 Å². The molecule has 14 heavy (non-hydrogen) atoms. The minimum absolute atomic E-state index is 0.125. The van der Waals surface area contributed by atoms with Gasteiger partial charge in [-0.15, -0.1) is 4.20 Å². The second kappa shape index (κ2) is 7.35. The predicted molar refractivity (Wildman–Crippen MR) is 55.7 cm³/mol. The van der Waals surface area contributed by atoms with Crippen LogP contribution in [0.2, 0.25) is 0 Å². The Morgan fingerprint density at radius 2 is 1.57 bits per heavy atom. The summed E-state index contributed by atoms with van der Waals surface area (Å²) < 4.78 is 23.6. The van der Waals surface area contributed by atoms with Crippen LogP contribution in [0.1, 0.15) is 40.0 Å². The van der Waals surface area contributed by atoms with Gasteiger partial charge in [-0.05, 0) is 19.3 Å². The SMILES string of the molecule is CCC(N)(CC)CC.COP(=O)(O)F. The lowest BCUT2D eigenvalue weighted by Gasteiger charge is -2.23. The van der Waals surface area contributed by atoms with Crippen molar-refractivity contribution in [1.82, 2.24) is 0 Å². The molecule has 4 nitrogen and oxygen atoms in total. The number of nitrogens with two attached hydrogens (primary N) is 1. The minimum Gasteiger partial charge on any atom is -0.325 e. The van der Waals surface area contributed by atoms with E-state index >= 15 is 0 Å². The molecule has 88 valence electrons. The molecule has 0 aliphatic rings. The van der Waals surface area contributed by atoms with Crippen LogP contribution in [-0.4, -0.2) is 17.5 Å². The fourth-order valence-corrected chi connectivity index (χ4v) is 0.750. The Morgan fingerprint density at radius 1 is 1.36 bits per heavy atom. The van der Waals surface area contributed by atoms with E-state index in [2.05, 4.69) is 25.3 Å². The van der Waals surface area contributed by atoms with E-state index in [0.717, 1.165) is 26.4 Å². The van der Waals surface area contributed by atoms with Gasteiger partial charge < -0.3 is 5.73 Å². The molecule has 3 N–H and O–H groups in total. The van der Waals surface area contributed by atoms with Crippen LogP contribution in [0.15, 0.2) is 0 Å². The molecule has 0 radical (unpaired) electrons. The van der Waals surface area contributed by atoms with Crippen LogP contribution in [-0.2, 0) is 9.09 Å².